The SMILES string of the molecule is CC(C)C1CCC2(CCCC2C(=O)O)CC1. The molecule has 0 aromatic heterocycles. The molecule has 2 heteroatoms. The third kappa shape index (κ3) is 1.99. The van der Waals surface area contributed by atoms with Crippen LogP contribution in [0.4, 0.5) is 0 Å². The maximum atomic E-state index is 11.3. The number of carbonyl (C=O) groups is 1. The van der Waals surface area contributed by atoms with Gasteiger partial charge in [0.05, 0.1) is 5.92 Å². The van der Waals surface area contributed by atoms with E-state index < -0.39 is 5.97 Å². The summed E-state index contributed by atoms with van der Waals surface area (Å²) in [6.45, 7) is 4.60. The van der Waals surface area contributed by atoms with E-state index in [1.54, 1.807) is 0 Å². The van der Waals surface area contributed by atoms with Gasteiger partial charge in [0.15, 0.2) is 0 Å². The summed E-state index contributed by atoms with van der Waals surface area (Å²) in [6, 6.07) is 0. The van der Waals surface area contributed by atoms with Crippen molar-refractivity contribution in [1.29, 1.82) is 0 Å². The van der Waals surface area contributed by atoms with E-state index in [4.69, 9.17) is 0 Å². The number of rotatable bonds is 2. The smallest absolute Gasteiger partial charge is 0.307 e. The Hall–Kier alpha value is -0.530. The van der Waals surface area contributed by atoms with Gasteiger partial charge in [0.2, 0.25) is 0 Å². The van der Waals surface area contributed by atoms with Crippen LogP contribution in [0.3, 0.4) is 0 Å². The van der Waals surface area contributed by atoms with Crippen LogP contribution >= 0.6 is 0 Å². The van der Waals surface area contributed by atoms with Gasteiger partial charge in [-0.05, 0) is 55.8 Å². The van der Waals surface area contributed by atoms with Gasteiger partial charge in [-0.3, -0.25) is 4.79 Å². The first-order valence-corrected chi connectivity index (χ1v) is 6.78. The molecule has 1 spiro atoms. The van der Waals surface area contributed by atoms with Crippen LogP contribution in [0.5, 0.6) is 0 Å². The summed E-state index contributed by atoms with van der Waals surface area (Å²) in [5.41, 5.74) is 0.178. The topological polar surface area (TPSA) is 37.3 Å². The van der Waals surface area contributed by atoms with Crippen LogP contribution in [-0.4, -0.2) is 11.1 Å². The summed E-state index contributed by atoms with van der Waals surface area (Å²) in [7, 11) is 0. The molecule has 0 aliphatic heterocycles. The van der Waals surface area contributed by atoms with Gasteiger partial charge in [-0.25, -0.2) is 0 Å². The van der Waals surface area contributed by atoms with Crippen molar-refractivity contribution < 1.29 is 9.90 Å². The zero-order valence-corrected chi connectivity index (χ0v) is 10.5. The maximum absolute atomic E-state index is 11.3. The van der Waals surface area contributed by atoms with Crippen molar-refractivity contribution in [2.75, 3.05) is 0 Å². The van der Waals surface area contributed by atoms with E-state index in [9.17, 15) is 9.90 Å². The second-order valence-electron chi connectivity index (χ2n) is 6.23. The van der Waals surface area contributed by atoms with E-state index >= 15 is 0 Å². The zero-order valence-electron chi connectivity index (χ0n) is 10.5. The Kier molecular flexibility index (Phi) is 3.27. The fourth-order valence-electron chi connectivity index (χ4n) is 4.00. The van der Waals surface area contributed by atoms with Crippen molar-refractivity contribution in [3.63, 3.8) is 0 Å². The van der Waals surface area contributed by atoms with Crippen LogP contribution in [0, 0.1) is 23.2 Å². The highest BCUT2D eigenvalue weighted by Gasteiger charge is 2.48. The molecule has 2 nitrogen and oxygen atoms in total. The molecule has 0 aromatic rings. The Labute approximate surface area is 98.4 Å². The number of hydrogen-bond donors (Lipinski definition) is 1. The molecular weight excluding hydrogens is 200 g/mol. The predicted molar refractivity (Wildman–Crippen MR) is 64.2 cm³/mol. The van der Waals surface area contributed by atoms with Crippen molar-refractivity contribution in [3.8, 4) is 0 Å². The molecule has 0 radical (unpaired) electrons. The molecule has 0 heterocycles. The maximum Gasteiger partial charge on any atom is 0.307 e. The van der Waals surface area contributed by atoms with Crippen LogP contribution in [0.25, 0.3) is 0 Å². The van der Waals surface area contributed by atoms with Crippen LogP contribution in [0.1, 0.15) is 58.8 Å². The van der Waals surface area contributed by atoms with Crippen molar-refractivity contribution in [2.45, 2.75) is 58.8 Å². The lowest BCUT2D eigenvalue weighted by atomic mass is 9.63. The molecule has 2 saturated carbocycles. The molecule has 1 atom stereocenters. The monoisotopic (exact) mass is 224 g/mol. The standard InChI is InChI=1S/C14H24O2/c1-10(2)11-5-8-14(9-6-11)7-3-4-12(14)13(15)16/h10-12H,3-9H2,1-2H3,(H,15,16). The summed E-state index contributed by atoms with van der Waals surface area (Å²) in [4.78, 5) is 11.3. The summed E-state index contributed by atoms with van der Waals surface area (Å²) in [5, 5.41) is 9.31. The largest absolute Gasteiger partial charge is 0.481 e. The van der Waals surface area contributed by atoms with Gasteiger partial charge < -0.3 is 5.11 Å². The number of carboxylic acid groups (broad SMARTS) is 1. The molecule has 2 rings (SSSR count). The summed E-state index contributed by atoms with van der Waals surface area (Å²) in [5.74, 6) is 1.02. The Balaban J connectivity index is 2.03. The Bertz CT molecular complexity index is 262. The molecule has 0 aromatic carbocycles. The molecule has 1 N–H and O–H groups in total. The minimum absolute atomic E-state index is 0.0411. The highest BCUT2D eigenvalue weighted by atomic mass is 16.4. The highest BCUT2D eigenvalue weighted by molar-refractivity contribution is 5.71. The van der Waals surface area contributed by atoms with Crippen molar-refractivity contribution >= 4 is 5.97 Å². The molecule has 0 bridgehead atoms. The minimum atomic E-state index is -0.541. The van der Waals surface area contributed by atoms with Crippen molar-refractivity contribution in [1.82, 2.24) is 0 Å². The lowest BCUT2D eigenvalue weighted by Crippen LogP contribution is -2.36. The quantitative estimate of drug-likeness (QED) is 0.776. The van der Waals surface area contributed by atoms with Gasteiger partial charge in [0, 0.05) is 0 Å². The van der Waals surface area contributed by atoms with Crippen LogP contribution in [0.2, 0.25) is 0 Å². The van der Waals surface area contributed by atoms with E-state index in [1.165, 1.54) is 12.8 Å². The molecular formula is C14H24O2. The van der Waals surface area contributed by atoms with Crippen molar-refractivity contribution in [3.05, 3.63) is 0 Å². The first-order chi connectivity index (χ1) is 7.55. The average Bonchev–Trinajstić information content (AvgIpc) is 2.62. The number of aliphatic carboxylic acids is 1. The van der Waals surface area contributed by atoms with Gasteiger partial charge in [-0.2, -0.15) is 0 Å². The molecule has 92 valence electrons. The molecule has 2 aliphatic carbocycles. The van der Waals surface area contributed by atoms with Crippen LogP contribution < -0.4 is 0 Å². The molecule has 2 fully saturated rings. The Morgan fingerprint density at radius 2 is 1.81 bits per heavy atom. The molecule has 16 heavy (non-hydrogen) atoms. The molecule has 1 unspecified atom stereocenters. The van der Waals surface area contributed by atoms with Gasteiger partial charge in [-0.15, -0.1) is 0 Å². The van der Waals surface area contributed by atoms with E-state index in [0.29, 0.717) is 0 Å². The normalized spacial score (nSPS) is 39.4. The van der Waals surface area contributed by atoms with Crippen molar-refractivity contribution in [2.24, 2.45) is 23.2 Å². The summed E-state index contributed by atoms with van der Waals surface area (Å²) >= 11 is 0. The second-order valence-corrected chi connectivity index (χ2v) is 6.23. The lowest BCUT2D eigenvalue weighted by Gasteiger charge is -2.41. The Morgan fingerprint density at radius 3 is 2.31 bits per heavy atom. The van der Waals surface area contributed by atoms with Crippen LogP contribution in [0.15, 0.2) is 0 Å². The first-order valence-electron chi connectivity index (χ1n) is 6.78. The zero-order chi connectivity index (χ0) is 11.8. The fraction of sp³-hybridized carbons (Fsp3) is 0.929. The van der Waals surface area contributed by atoms with Crippen LogP contribution in [-0.2, 0) is 4.79 Å². The molecule has 0 amide bonds. The summed E-state index contributed by atoms with van der Waals surface area (Å²) in [6.07, 6.45) is 8.03. The average molecular weight is 224 g/mol. The first kappa shape index (κ1) is 11.9. The third-order valence-electron chi connectivity index (χ3n) is 5.17. The number of carboxylic acids is 1. The van der Waals surface area contributed by atoms with E-state index in [1.807, 2.05) is 0 Å². The third-order valence-corrected chi connectivity index (χ3v) is 5.17. The Morgan fingerprint density at radius 1 is 1.19 bits per heavy atom. The van der Waals surface area contributed by atoms with E-state index in [-0.39, 0.29) is 11.3 Å². The van der Waals surface area contributed by atoms with Gasteiger partial charge in [0.1, 0.15) is 0 Å². The molecule has 2 aliphatic rings. The predicted octanol–water partition coefficient (Wildman–Crippen LogP) is 3.70. The van der Waals surface area contributed by atoms with Gasteiger partial charge in [-0.1, -0.05) is 20.3 Å². The minimum Gasteiger partial charge on any atom is -0.481 e. The van der Waals surface area contributed by atoms with E-state index in [2.05, 4.69) is 13.8 Å². The lowest BCUT2D eigenvalue weighted by molar-refractivity contribution is -0.146. The van der Waals surface area contributed by atoms with Gasteiger partial charge in [0.25, 0.3) is 0 Å². The molecule has 0 saturated heterocycles. The summed E-state index contributed by atoms with van der Waals surface area (Å²) < 4.78 is 0. The highest BCUT2D eigenvalue weighted by Crippen LogP contribution is 2.54. The van der Waals surface area contributed by atoms with E-state index in [0.717, 1.165) is 43.9 Å². The fourth-order valence-corrected chi connectivity index (χ4v) is 4.00. The van der Waals surface area contributed by atoms with Gasteiger partial charge >= 0.3 is 5.97 Å². The number of hydrogen-bond acceptors (Lipinski definition) is 1. The second kappa shape index (κ2) is 4.38.